The zero-order valence-corrected chi connectivity index (χ0v) is 13.3. The molecule has 1 atom stereocenters. The normalized spacial score (nSPS) is 11.7. The van der Waals surface area contributed by atoms with Crippen molar-refractivity contribution in [2.45, 2.75) is 13.0 Å². The van der Waals surface area contributed by atoms with Crippen LogP contribution in [0.3, 0.4) is 0 Å². The largest absolute Gasteiger partial charge is 0.494 e. The highest BCUT2D eigenvalue weighted by atomic mass is 79.9. The first kappa shape index (κ1) is 15.4. The Morgan fingerprint density at radius 3 is 2.62 bits per heavy atom. The van der Waals surface area contributed by atoms with Gasteiger partial charge in [-0.15, -0.1) is 0 Å². The van der Waals surface area contributed by atoms with Gasteiger partial charge in [-0.3, -0.25) is 4.79 Å². The van der Waals surface area contributed by atoms with Crippen molar-refractivity contribution in [3.8, 4) is 5.75 Å². The van der Waals surface area contributed by atoms with E-state index in [0.29, 0.717) is 6.61 Å². The molecule has 0 heterocycles. The number of halogens is 1. The van der Waals surface area contributed by atoms with Crippen LogP contribution in [0, 0.1) is 0 Å². The lowest BCUT2D eigenvalue weighted by Gasteiger charge is -2.18. The summed E-state index contributed by atoms with van der Waals surface area (Å²) in [5.74, 6) is 0.283. The molecule has 4 nitrogen and oxygen atoms in total. The fourth-order valence-corrected chi connectivity index (χ4v) is 2.25. The van der Waals surface area contributed by atoms with E-state index < -0.39 is 11.9 Å². The van der Waals surface area contributed by atoms with Crippen LogP contribution >= 0.6 is 15.9 Å². The van der Waals surface area contributed by atoms with Crippen LogP contribution in [0.2, 0.25) is 0 Å². The van der Waals surface area contributed by atoms with Gasteiger partial charge in [-0.05, 0) is 48.9 Å². The number of nitrogens with one attached hydrogen (secondary N) is 1. The molecule has 0 bridgehead atoms. The number of anilines is 1. The zero-order valence-electron chi connectivity index (χ0n) is 11.7. The van der Waals surface area contributed by atoms with Gasteiger partial charge in [-0.2, -0.15) is 0 Å². The summed E-state index contributed by atoms with van der Waals surface area (Å²) in [6.45, 7) is 2.49. The van der Waals surface area contributed by atoms with Crippen LogP contribution in [0.5, 0.6) is 5.75 Å². The molecule has 0 saturated heterocycles. The summed E-state index contributed by atoms with van der Waals surface area (Å²) in [6, 6.07) is 14.3. The Labute approximate surface area is 132 Å². The van der Waals surface area contributed by atoms with Gasteiger partial charge >= 0.3 is 0 Å². The number of hydrogen-bond acceptors (Lipinski definition) is 3. The van der Waals surface area contributed by atoms with Gasteiger partial charge < -0.3 is 15.8 Å². The Morgan fingerprint density at radius 2 is 2.00 bits per heavy atom. The number of rotatable bonds is 6. The van der Waals surface area contributed by atoms with Crippen molar-refractivity contribution >= 4 is 27.5 Å². The van der Waals surface area contributed by atoms with Crippen molar-refractivity contribution in [3.63, 3.8) is 0 Å². The molecule has 0 radical (unpaired) electrons. The van der Waals surface area contributed by atoms with E-state index in [4.69, 9.17) is 10.5 Å². The molecule has 2 aromatic rings. The number of carbonyl (C=O) groups excluding carboxylic acids is 1. The van der Waals surface area contributed by atoms with Crippen molar-refractivity contribution in [2.75, 3.05) is 11.9 Å². The molecule has 0 aliphatic carbocycles. The van der Waals surface area contributed by atoms with E-state index in [1.54, 1.807) is 0 Å². The van der Waals surface area contributed by atoms with E-state index in [1.807, 2.05) is 55.5 Å². The van der Waals surface area contributed by atoms with E-state index in [-0.39, 0.29) is 0 Å². The molecule has 2 rings (SSSR count). The second-order valence-electron chi connectivity index (χ2n) is 4.49. The number of primary amides is 1. The maximum atomic E-state index is 11.8. The summed E-state index contributed by atoms with van der Waals surface area (Å²) in [7, 11) is 0. The van der Waals surface area contributed by atoms with Crippen LogP contribution in [0.4, 0.5) is 5.69 Å². The van der Waals surface area contributed by atoms with Crippen molar-refractivity contribution in [3.05, 3.63) is 58.6 Å². The standard InChI is InChI=1S/C16H17BrN2O2/c1-2-21-14-5-3-4-11(10-14)15(16(18)20)19-13-8-6-12(17)7-9-13/h3-10,15,19H,2H2,1H3,(H2,18,20). The van der Waals surface area contributed by atoms with Crippen molar-refractivity contribution in [1.82, 2.24) is 0 Å². The van der Waals surface area contributed by atoms with E-state index in [2.05, 4.69) is 21.2 Å². The highest BCUT2D eigenvalue weighted by molar-refractivity contribution is 9.10. The smallest absolute Gasteiger partial charge is 0.244 e. The van der Waals surface area contributed by atoms with Crippen molar-refractivity contribution in [2.24, 2.45) is 5.73 Å². The maximum Gasteiger partial charge on any atom is 0.244 e. The lowest BCUT2D eigenvalue weighted by Crippen LogP contribution is -2.27. The first-order chi connectivity index (χ1) is 10.1. The zero-order chi connectivity index (χ0) is 15.2. The average molecular weight is 349 g/mol. The Morgan fingerprint density at radius 1 is 1.29 bits per heavy atom. The second-order valence-corrected chi connectivity index (χ2v) is 5.41. The molecule has 0 saturated carbocycles. The summed E-state index contributed by atoms with van der Waals surface area (Å²) in [4.78, 5) is 11.8. The Bertz CT molecular complexity index is 614. The monoisotopic (exact) mass is 348 g/mol. The predicted octanol–water partition coefficient (Wildman–Crippen LogP) is 3.49. The van der Waals surface area contributed by atoms with Crippen LogP contribution < -0.4 is 15.8 Å². The number of ether oxygens (including phenoxy) is 1. The summed E-state index contributed by atoms with van der Waals surface area (Å²) in [6.07, 6.45) is 0. The summed E-state index contributed by atoms with van der Waals surface area (Å²) in [5.41, 5.74) is 7.12. The molecule has 0 spiro atoms. The lowest BCUT2D eigenvalue weighted by atomic mass is 10.1. The molecule has 2 aromatic carbocycles. The van der Waals surface area contributed by atoms with E-state index in [9.17, 15) is 4.79 Å². The first-order valence-electron chi connectivity index (χ1n) is 6.64. The Balaban J connectivity index is 2.24. The Kier molecular flexibility index (Phi) is 5.22. The first-order valence-corrected chi connectivity index (χ1v) is 7.43. The lowest BCUT2D eigenvalue weighted by molar-refractivity contribution is -0.118. The van der Waals surface area contributed by atoms with Crippen LogP contribution in [0.1, 0.15) is 18.5 Å². The molecular weight excluding hydrogens is 332 g/mol. The van der Waals surface area contributed by atoms with E-state index in [0.717, 1.165) is 21.5 Å². The number of amides is 1. The van der Waals surface area contributed by atoms with Crippen molar-refractivity contribution < 1.29 is 9.53 Å². The highest BCUT2D eigenvalue weighted by Gasteiger charge is 2.18. The summed E-state index contributed by atoms with van der Waals surface area (Å²) in [5, 5.41) is 3.14. The summed E-state index contributed by atoms with van der Waals surface area (Å²) >= 11 is 3.38. The fraction of sp³-hybridized carbons (Fsp3) is 0.188. The minimum atomic E-state index is -0.605. The molecule has 0 fully saturated rings. The van der Waals surface area contributed by atoms with Gasteiger partial charge in [-0.1, -0.05) is 28.1 Å². The molecule has 110 valence electrons. The Hall–Kier alpha value is -2.01. The molecule has 21 heavy (non-hydrogen) atoms. The molecule has 1 amide bonds. The van der Waals surface area contributed by atoms with Gasteiger partial charge in [-0.25, -0.2) is 0 Å². The van der Waals surface area contributed by atoms with Gasteiger partial charge in [0.25, 0.3) is 0 Å². The topological polar surface area (TPSA) is 64.3 Å². The SMILES string of the molecule is CCOc1cccc(C(Nc2ccc(Br)cc2)C(N)=O)c1. The van der Waals surface area contributed by atoms with Gasteiger partial charge in [0.2, 0.25) is 5.91 Å². The van der Waals surface area contributed by atoms with Crippen LogP contribution in [-0.4, -0.2) is 12.5 Å². The third kappa shape index (κ3) is 4.23. The molecule has 1 unspecified atom stereocenters. The quantitative estimate of drug-likeness (QED) is 0.839. The molecule has 0 aromatic heterocycles. The fourth-order valence-electron chi connectivity index (χ4n) is 1.98. The van der Waals surface area contributed by atoms with Gasteiger partial charge in [0, 0.05) is 10.2 Å². The van der Waals surface area contributed by atoms with Crippen LogP contribution in [0.15, 0.2) is 53.0 Å². The van der Waals surface area contributed by atoms with Gasteiger partial charge in [0.05, 0.1) is 6.61 Å². The number of nitrogens with two attached hydrogens (primary N) is 1. The van der Waals surface area contributed by atoms with Crippen LogP contribution in [-0.2, 0) is 4.79 Å². The number of benzene rings is 2. The maximum absolute atomic E-state index is 11.8. The van der Waals surface area contributed by atoms with Gasteiger partial charge in [0.15, 0.2) is 0 Å². The highest BCUT2D eigenvalue weighted by Crippen LogP contribution is 2.24. The molecular formula is C16H17BrN2O2. The molecule has 5 heteroatoms. The molecule has 3 N–H and O–H groups in total. The van der Waals surface area contributed by atoms with E-state index in [1.165, 1.54) is 0 Å². The minimum absolute atomic E-state index is 0.438. The number of carbonyl (C=O) groups is 1. The predicted molar refractivity (Wildman–Crippen MR) is 87.3 cm³/mol. The third-order valence-electron chi connectivity index (χ3n) is 2.94. The second kappa shape index (κ2) is 7.13. The molecule has 0 aliphatic heterocycles. The minimum Gasteiger partial charge on any atom is -0.494 e. The third-order valence-corrected chi connectivity index (χ3v) is 3.47. The van der Waals surface area contributed by atoms with Crippen molar-refractivity contribution in [1.29, 1.82) is 0 Å². The van der Waals surface area contributed by atoms with E-state index >= 15 is 0 Å². The molecule has 0 aliphatic rings. The number of hydrogen-bond donors (Lipinski definition) is 2. The average Bonchev–Trinajstić information content (AvgIpc) is 2.47. The van der Waals surface area contributed by atoms with Crippen LogP contribution in [0.25, 0.3) is 0 Å². The van der Waals surface area contributed by atoms with Gasteiger partial charge in [0.1, 0.15) is 11.8 Å². The summed E-state index contributed by atoms with van der Waals surface area (Å²) < 4.78 is 6.43.